The number of anilines is 3. The van der Waals surface area contributed by atoms with Crippen molar-refractivity contribution < 1.29 is 14.3 Å². The number of aromatic nitrogens is 6. The minimum atomic E-state index is -0.509. The Kier molecular flexibility index (Phi) is 5.94. The van der Waals surface area contributed by atoms with Gasteiger partial charge in [-0.3, -0.25) is 14.3 Å². The second kappa shape index (κ2) is 8.96. The van der Waals surface area contributed by atoms with Crippen LogP contribution in [0.4, 0.5) is 17.2 Å². The van der Waals surface area contributed by atoms with Crippen molar-refractivity contribution >= 4 is 28.9 Å². The van der Waals surface area contributed by atoms with Gasteiger partial charge in [-0.2, -0.15) is 5.10 Å². The van der Waals surface area contributed by atoms with Crippen molar-refractivity contribution in [2.45, 2.75) is 25.7 Å². The molecule has 1 amide bonds. The molecule has 3 aromatic heterocycles. The van der Waals surface area contributed by atoms with Gasteiger partial charge in [-0.25, -0.2) is 19.9 Å². The highest BCUT2D eigenvalue weighted by Gasteiger charge is 2.25. The molecule has 0 radical (unpaired) electrons. The topological polar surface area (TPSA) is 137 Å². The van der Waals surface area contributed by atoms with E-state index in [1.54, 1.807) is 32.6 Å². The molecule has 0 aromatic carbocycles. The maximum atomic E-state index is 13.2. The average molecular weight is 422 g/mol. The van der Waals surface area contributed by atoms with Gasteiger partial charge >= 0.3 is 0 Å². The molecule has 0 saturated carbocycles. The number of nitrogens with zero attached hydrogens (tertiary/aromatic N) is 6. The minimum Gasteiger partial charge on any atom is -0.381 e. The second-order valence-electron chi connectivity index (χ2n) is 7.07. The average Bonchev–Trinajstić information content (AvgIpc) is 3.44. The van der Waals surface area contributed by atoms with E-state index in [4.69, 9.17) is 4.74 Å². The quantitative estimate of drug-likeness (QED) is 0.548. The van der Waals surface area contributed by atoms with Gasteiger partial charge in [0.1, 0.15) is 12.0 Å². The second-order valence-corrected chi connectivity index (χ2v) is 7.07. The van der Waals surface area contributed by atoms with Gasteiger partial charge in [-0.05, 0) is 6.42 Å². The normalized spacial score (nSPS) is 15.6. The van der Waals surface area contributed by atoms with Crippen molar-refractivity contribution in [1.82, 2.24) is 29.7 Å². The molecule has 4 rings (SSSR count). The van der Waals surface area contributed by atoms with Gasteiger partial charge in [0, 0.05) is 26.0 Å². The van der Waals surface area contributed by atoms with Crippen molar-refractivity contribution in [2.75, 3.05) is 23.8 Å². The number of Topliss-reactive ketones (excluding diaryl/α,β-unsaturated/α-hetero) is 1. The lowest BCUT2D eigenvalue weighted by Gasteiger charge is -2.14. The van der Waals surface area contributed by atoms with Gasteiger partial charge in [-0.1, -0.05) is 6.92 Å². The maximum Gasteiger partial charge on any atom is 0.278 e. The van der Waals surface area contributed by atoms with E-state index < -0.39 is 5.91 Å². The number of ether oxygens (including phenoxy) is 1. The van der Waals surface area contributed by atoms with Crippen molar-refractivity contribution in [3.05, 3.63) is 48.2 Å². The number of amides is 1. The molecule has 4 heterocycles. The molecule has 1 aliphatic heterocycles. The summed E-state index contributed by atoms with van der Waals surface area (Å²) in [7, 11) is 1.65. The molecular weight excluding hydrogens is 400 g/mol. The molecule has 11 nitrogen and oxygen atoms in total. The summed E-state index contributed by atoms with van der Waals surface area (Å²) in [5.41, 5.74) is 1.98. The number of rotatable bonds is 7. The Morgan fingerprint density at radius 3 is 2.74 bits per heavy atom. The fourth-order valence-electron chi connectivity index (χ4n) is 3.33. The molecule has 1 aliphatic rings. The SMILES string of the molecule is CCC(=O)c1c(NC(=O)c2nc(C3CCOC3)cnc2Nc2cncnc2)cnn1C. The van der Waals surface area contributed by atoms with E-state index in [-0.39, 0.29) is 23.2 Å². The molecule has 31 heavy (non-hydrogen) atoms. The Hall–Kier alpha value is -3.73. The number of hydrogen-bond donors (Lipinski definition) is 2. The third kappa shape index (κ3) is 4.40. The summed E-state index contributed by atoms with van der Waals surface area (Å²) in [6.07, 6.45) is 8.72. The first-order valence-corrected chi connectivity index (χ1v) is 9.90. The summed E-state index contributed by atoms with van der Waals surface area (Å²) >= 11 is 0. The summed E-state index contributed by atoms with van der Waals surface area (Å²) in [4.78, 5) is 42.4. The number of aryl methyl sites for hydroxylation is 1. The predicted octanol–water partition coefficient (Wildman–Crippen LogP) is 2.09. The van der Waals surface area contributed by atoms with Crippen molar-refractivity contribution in [3.63, 3.8) is 0 Å². The highest BCUT2D eigenvalue weighted by Crippen LogP contribution is 2.26. The van der Waals surface area contributed by atoms with Gasteiger partial charge < -0.3 is 15.4 Å². The molecule has 1 fully saturated rings. The van der Waals surface area contributed by atoms with E-state index >= 15 is 0 Å². The molecule has 0 aliphatic carbocycles. The smallest absolute Gasteiger partial charge is 0.278 e. The lowest BCUT2D eigenvalue weighted by Crippen LogP contribution is -2.20. The van der Waals surface area contributed by atoms with E-state index in [0.29, 0.717) is 42.4 Å². The lowest BCUT2D eigenvalue weighted by atomic mass is 10.1. The first kappa shape index (κ1) is 20.5. The zero-order valence-corrected chi connectivity index (χ0v) is 17.2. The predicted molar refractivity (Wildman–Crippen MR) is 111 cm³/mol. The van der Waals surface area contributed by atoms with Gasteiger partial charge in [0.15, 0.2) is 17.3 Å². The van der Waals surface area contributed by atoms with Crippen LogP contribution in [-0.2, 0) is 11.8 Å². The van der Waals surface area contributed by atoms with Crippen LogP contribution in [0, 0.1) is 0 Å². The minimum absolute atomic E-state index is 0.0729. The lowest BCUT2D eigenvalue weighted by molar-refractivity contribution is 0.0980. The Morgan fingerprint density at radius 1 is 1.23 bits per heavy atom. The number of hydrogen-bond acceptors (Lipinski definition) is 9. The third-order valence-electron chi connectivity index (χ3n) is 4.95. The summed E-state index contributed by atoms with van der Waals surface area (Å²) < 4.78 is 6.89. The van der Waals surface area contributed by atoms with Crippen LogP contribution in [0.1, 0.15) is 52.4 Å². The Labute approximate surface area is 178 Å². The molecule has 0 bridgehead atoms. The first-order chi connectivity index (χ1) is 15.1. The third-order valence-corrected chi connectivity index (χ3v) is 4.95. The maximum absolute atomic E-state index is 13.2. The van der Waals surface area contributed by atoms with Crippen LogP contribution in [0.3, 0.4) is 0 Å². The van der Waals surface area contributed by atoms with E-state index in [0.717, 1.165) is 6.42 Å². The monoisotopic (exact) mass is 422 g/mol. The van der Waals surface area contributed by atoms with E-state index in [1.165, 1.54) is 17.2 Å². The molecule has 1 atom stereocenters. The van der Waals surface area contributed by atoms with Crippen LogP contribution in [0.15, 0.2) is 31.1 Å². The zero-order chi connectivity index (χ0) is 21.8. The Balaban J connectivity index is 1.68. The largest absolute Gasteiger partial charge is 0.381 e. The van der Waals surface area contributed by atoms with E-state index in [9.17, 15) is 9.59 Å². The summed E-state index contributed by atoms with van der Waals surface area (Å²) in [5, 5.41) is 9.89. The molecule has 3 aromatic rings. The van der Waals surface area contributed by atoms with Gasteiger partial charge in [0.05, 0.1) is 48.5 Å². The van der Waals surface area contributed by atoms with Crippen LogP contribution >= 0.6 is 0 Å². The van der Waals surface area contributed by atoms with Crippen molar-refractivity contribution in [2.24, 2.45) is 7.05 Å². The van der Waals surface area contributed by atoms with Gasteiger partial charge in [0.2, 0.25) is 0 Å². The number of nitrogens with one attached hydrogen (secondary N) is 2. The van der Waals surface area contributed by atoms with Crippen LogP contribution < -0.4 is 10.6 Å². The Morgan fingerprint density at radius 2 is 2.03 bits per heavy atom. The molecular formula is C20H22N8O3. The molecule has 0 spiro atoms. The molecule has 2 N–H and O–H groups in total. The fourth-order valence-corrected chi connectivity index (χ4v) is 3.33. The van der Waals surface area contributed by atoms with Crippen LogP contribution in [0.5, 0.6) is 0 Å². The standard InChI is InChI=1S/C20H22N8O3/c1-3-16(29)18-15(9-24-28(18)2)27-20(30)17-19(25-13-6-21-11-22-7-13)23-8-14(26-17)12-4-5-31-10-12/h6-9,11-12H,3-5,10H2,1-2H3,(H,23,25)(H,27,30). The molecule has 1 unspecified atom stereocenters. The van der Waals surface area contributed by atoms with E-state index in [1.807, 2.05) is 0 Å². The number of carbonyl (C=O) groups is 2. The Bertz CT molecular complexity index is 1090. The van der Waals surface area contributed by atoms with Gasteiger partial charge in [-0.15, -0.1) is 0 Å². The number of ketones is 1. The molecule has 160 valence electrons. The highest BCUT2D eigenvalue weighted by atomic mass is 16.5. The van der Waals surface area contributed by atoms with Crippen LogP contribution in [-0.4, -0.2) is 54.6 Å². The van der Waals surface area contributed by atoms with Crippen molar-refractivity contribution in [1.29, 1.82) is 0 Å². The van der Waals surface area contributed by atoms with Crippen LogP contribution in [0.2, 0.25) is 0 Å². The van der Waals surface area contributed by atoms with Crippen LogP contribution in [0.25, 0.3) is 0 Å². The summed E-state index contributed by atoms with van der Waals surface area (Å²) in [6, 6.07) is 0. The van der Waals surface area contributed by atoms with Gasteiger partial charge in [0.25, 0.3) is 5.91 Å². The highest BCUT2D eigenvalue weighted by molar-refractivity contribution is 6.10. The van der Waals surface area contributed by atoms with E-state index in [2.05, 4.69) is 35.7 Å². The fraction of sp³-hybridized carbons (Fsp3) is 0.350. The number of carbonyl (C=O) groups excluding carboxylic acids is 2. The summed E-state index contributed by atoms with van der Waals surface area (Å²) in [5.74, 6) is -0.310. The molecule has 1 saturated heterocycles. The first-order valence-electron chi connectivity index (χ1n) is 9.90. The molecule has 11 heteroatoms. The zero-order valence-electron chi connectivity index (χ0n) is 17.2. The van der Waals surface area contributed by atoms with Crippen molar-refractivity contribution in [3.8, 4) is 0 Å². The summed E-state index contributed by atoms with van der Waals surface area (Å²) in [6.45, 7) is 2.93.